The second kappa shape index (κ2) is 35.9. The number of carboxylic acids is 1. The highest BCUT2D eigenvalue weighted by Crippen LogP contribution is 2.13. The predicted molar refractivity (Wildman–Crippen MR) is 283 cm³/mol. The van der Waals surface area contributed by atoms with E-state index in [0.29, 0.717) is 24.9 Å². The van der Waals surface area contributed by atoms with Gasteiger partial charge in [0.25, 0.3) is 0 Å². The second-order valence-electron chi connectivity index (χ2n) is 17.8. The third kappa shape index (κ3) is 26.3. The van der Waals surface area contributed by atoms with Gasteiger partial charge in [-0.15, -0.1) is 0 Å². The third-order valence-electron chi connectivity index (χ3n) is 11.2. The Bertz CT molecular complexity index is 2380. The normalized spacial score (nSPS) is 14.6. The topological polar surface area (TPSA) is 606 Å². The molecule has 27 N–H and O–H groups in total. The van der Waals surface area contributed by atoms with Crippen LogP contribution in [0.5, 0.6) is 5.75 Å². The number of aliphatic imine (C=N–C) groups is 1. The number of aliphatic hydroxyl groups excluding tert-OH is 2. The fraction of sp³-hybridized carbons (Fsp3) is 0.556. The minimum atomic E-state index is -1.90. The number of aromatic hydroxyl groups is 1. The number of benzene rings is 1. The summed E-state index contributed by atoms with van der Waals surface area (Å²) in [6.07, 6.45) is -2.04. The molecule has 0 aliphatic rings. The first-order chi connectivity index (χ1) is 37.6. The first-order valence-electron chi connectivity index (χ1n) is 24.5. The molecule has 10 atom stereocenters. The number of phenolic OH excluding ortho intramolecular Hbond substituents is 1. The van der Waals surface area contributed by atoms with Crippen molar-refractivity contribution in [3.05, 3.63) is 29.8 Å². The maximum atomic E-state index is 13.8. The molecule has 0 aliphatic heterocycles. The second-order valence-corrected chi connectivity index (χ2v) is 18.2. The fourth-order valence-electron chi connectivity index (χ4n) is 6.88. The Hall–Kier alpha value is -8.41. The number of nitrogens with one attached hydrogen (secondary N) is 9. The maximum Gasteiger partial charge on any atom is 0.326 e. The van der Waals surface area contributed by atoms with Crippen molar-refractivity contribution in [3.63, 3.8) is 0 Å². The van der Waals surface area contributed by atoms with E-state index in [4.69, 9.17) is 40.1 Å². The molecule has 0 spiro atoms. The van der Waals surface area contributed by atoms with Crippen LogP contribution >= 0.6 is 12.6 Å². The monoisotopic (exact) mass is 1160 g/mol. The van der Waals surface area contributed by atoms with Gasteiger partial charge in [0.2, 0.25) is 70.9 Å². The molecule has 34 nitrogen and oxygen atoms in total. The molecule has 80 heavy (non-hydrogen) atoms. The van der Waals surface area contributed by atoms with Crippen molar-refractivity contribution in [2.24, 2.45) is 45.1 Å². The molecule has 12 amide bonds. The summed E-state index contributed by atoms with van der Waals surface area (Å²) in [6, 6.07) is -11.5. The number of unbranched alkanes of at least 4 members (excludes halogenated alkanes) is 1. The number of nitrogens with zero attached hydrogens (tertiary/aromatic N) is 1. The molecule has 0 aromatic heterocycles. The molecule has 0 bridgehead atoms. The van der Waals surface area contributed by atoms with Crippen molar-refractivity contribution >= 4 is 95.4 Å². The minimum Gasteiger partial charge on any atom is -0.508 e. The van der Waals surface area contributed by atoms with Crippen LogP contribution in [0.2, 0.25) is 0 Å². The molecule has 0 unspecified atom stereocenters. The standard InChI is InChI=1S/C45H73N17O17S/c1-20(54-43(77)31(19-80)62-42(76)30(18-64)61-40(74)27(15-33(49)67)57-36(70)23(47)5-2-3-11-46)35(69)56-26(14-32(48)66)39(73)55-24(6-4-12-53-45(51)52)37(71)60-29(17-63)41(75)58-25(13-21-7-9-22(65)10-8-21)38(72)59-28(44(78)79)16-34(50)68/h7-10,20,23-31,63-65,80H,2-6,11-19,46-47H2,1H3,(H2,48,66)(H2,49,67)(H2,50,68)(H,54,77)(H,55,73)(H,56,69)(H,57,70)(H,58,75)(H,59,72)(H,60,71)(H,61,74)(H,62,76)(H,78,79)(H4,51,52,53)/t20-,23-,24-,25-,26-,27-,28-,29-,30-,31-/m0/s1. The lowest BCUT2D eigenvalue weighted by Crippen LogP contribution is -2.61. The Kier molecular flexibility index (Phi) is 31.2. The summed E-state index contributed by atoms with van der Waals surface area (Å²) in [4.78, 5) is 171. The predicted octanol–water partition coefficient (Wildman–Crippen LogP) is -10.5. The smallest absolute Gasteiger partial charge is 0.326 e. The molecule has 0 aliphatic carbocycles. The van der Waals surface area contributed by atoms with Gasteiger partial charge in [-0.2, -0.15) is 12.6 Å². The number of hydrogen-bond acceptors (Lipinski definition) is 20. The number of primary amides is 3. The van der Waals surface area contributed by atoms with Crippen LogP contribution in [-0.2, 0) is 68.7 Å². The Morgan fingerprint density at radius 2 is 0.912 bits per heavy atom. The van der Waals surface area contributed by atoms with Crippen LogP contribution in [0.25, 0.3) is 0 Å². The SMILES string of the molecule is C[C@H](NC(=O)[C@H](CS)NC(=O)[C@H](CO)NC(=O)[C@H](CC(N)=O)NC(=O)[C@@H](N)CCCCN)C(=O)N[C@@H](CC(N)=O)C(=O)N[C@@H](CCCN=C(N)N)C(=O)N[C@@H](CO)C(=O)N[C@@H](Cc1ccc(O)cc1)C(=O)N[C@@H](CC(N)=O)C(=O)O. The van der Waals surface area contributed by atoms with Gasteiger partial charge >= 0.3 is 5.97 Å². The summed E-state index contributed by atoms with van der Waals surface area (Å²) < 4.78 is 0. The van der Waals surface area contributed by atoms with Crippen LogP contribution in [0.4, 0.5) is 0 Å². The van der Waals surface area contributed by atoms with E-state index in [2.05, 4.69) is 65.5 Å². The number of guanidine groups is 1. The highest BCUT2D eigenvalue weighted by molar-refractivity contribution is 7.80. The van der Waals surface area contributed by atoms with E-state index in [-0.39, 0.29) is 43.9 Å². The van der Waals surface area contributed by atoms with E-state index >= 15 is 0 Å². The molecular weight excluding hydrogens is 1080 g/mol. The van der Waals surface area contributed by atoms with Crippen molar-refractivity contribution < 1.29 is 82.8 Å². The molecule has 0 saturated carbocycles. The highest BCUT2D eigenvalue weighted by atomic mass is 32.1. The molecule has 0 fully saturated rings. The van der Waals surface area contributed by atoms with Gasteiger partial charge in [-0.05, 0) is 56.8 Å². The van der Waals surface area contributed by atoms with Gasteiger partial charge in [0, 0.05) is 18.7 Å². The number of thiol groups is 1. The van der Waals surface area contributed by atoms with E-state index < -0.39 is 176 Å². The zero-order valence-corrected chi connectivity index (χ0v) is 44.4. The number of nitrogens with two attached hydrogens (primary N) is 7. The lowest BCUT2D eigenvalue weighted by atomic mass is 10.0. The number of phenols is 1. The molecule has 1 aromatic rings. The summed E-state index contributed by atoms with van der Waals surface area (Å²) in [7, 11) is 0. The lowest BCUT2D eigenvalue weighted by Gasteiger charge is -2.27. The van der Waals surface area contributed by atoms with Gasteiger partial charge in [-0.25, -0.2) is 4.79 Å². The number of hydrogen-bond donors (Lipinski definition) is 21. The molecular formula is C45H73N17O17S. The maximum absolute atomic E-state index is 13.8. The Labute approximate surface area is 462 Å². The molecule has 1 aromatic carbocycles. The van der Waals surface area contributed by atoms with E-state index in [9.17, 15) is 82.8 Å². The summed E-state index contributed by atoms with van der Waals surface area (Å²) in [5.41, 5.74) is 38.2. The number of aliphatic hydroxyl groups is 2. The molecule has 1 rings (SSSR count). The third-order valence-corrected chi connectivity index (χ3v) is 11.6. The number of amides is 12. The van der Waals surface area contributed by atoms with Gasteiger partial charge in [0.05, 0.1) is 38.5 Å². The average molecular weight is 1160 g/mol. The van der Waals surface area contributed by atoms with Crippen molar-refractivity contribution in [2.75, 3.05) is 32.1 Å². The molecule has 0 heterocycles. The first kappa shape index (κ1) is 69.6. The van der Waals surface area contributed by atoms with E-state index in [1.54, 1.807) is 0 Å². The molecule has 0 saturated heterocycles. The number of carboxylic acid groups (broad SMARTS) is 1. The van der Waals surface area contributed by atoms with Crippen molar-refractivity contribution in [3.8, 4) is 5.75 Å². The summed E-state index contributed by atoms with van der Waals surface area (Å²) in [6.45, 7) is -0.897. The van der Waals surface area contributed by atoms with Crippen LogP contribution in [0.15, 0.2) is 29.3 Å². The van der Waals surface area contributed by atoms with Gasteiger partial charge in [-0.3, -0.25) is 62.5 Å². The zero-order chi connectivity index (χ0) is 60.8. The lowest BCUT2D eigenvalue weighted by molar-refractivity contribution is -0.143. The number of carbonyl (C=O) groups excluding carboxylic acids is 12. The Morgan fingerprint density at radius 3 is 1.38 bits per heavy atom. The van der Waals surface area contributed by atoms with Gasteiger partial charge in [0.15, 0.2) is 5.96 Å². The van der Waals surface area contributed by atoms with Crippen LogP contribution in [0.3, 0.4) is 0 Å². The zero-order valence-electron chi connectivity index (χ0n) is 43.5. The van der Waals surface area contributed by atoms with Crippen LogP contribution < -0.4 is 88.0 Å². The van der Waals surface area contributed by atoms with Crippen LogP contribution in [0, 0.1) is 0 Å². The summed E-state index contributed by atoms with van der Waals surface area (Å²) >= 11 is 4.05. The molecule has 0 radical (unpaired) electrons. The number of carbonyl (C=O) groups is 13. The average Bonchev–Trinajstić information content (AvgIpc) is 3.38. The molecule has 35 heteroatoms. The van der Waals surface area contributed by atoms with Crippen molar-refractivity contribution in [1.29, 1.82) is 0 Å². The summed E-state index contributed by atoms with van der Waals surface area (Å²) in [5, 5.41) is 59.5. The Balaban J connectivity index is 3.30. The minimum absolute atomic E-state index is 0.0547. The number of rotatable bonds is 38. The van der Waals surface area contributed by atoms with E-state index in [0.717, 1.165) is 6.92 Å². The first-order valence-corrected chi connectivity index (χ1v) is 25.1. The molecule has 446 valence electrons. The van der Waals surface area contributed by atoms with Gasteiger partial charge < -0.3 is 108 Å². The van der Waals surface area contributed by atoms with Crippen LogP contribution in [-0.4, -0.2) is 196 Å². The summed E-state index contributed by atoms with van der Waals surface area (Å²) in [5.74, 6) is -16.1. The van der Waals surface area contributed by atoms with Gasteiger partial charge in [0.1, 0.15) is 60.1 Å². The highest BCUT2D eigenvalue weighted by Gasteiger charge is 2.35. The Morgan fingerprint density at radius 1 is 0.512 bits per heavy atom. The van der Waals surface area contributed by atoms with E-state index in [1.165, 1.54) is 24.3 Å². The van der Waals surface area contributed by atoms with Crippen molar-refractivity contribution in [1.82, 2.24) is 47.9 Å². The van der Waals surface area contributed by atoms with Crippen LogP contribution in [0.1, 0.15) is 63.9 Å². The quantitative estimate of drug-likeness (QED) is 0.0127. The largest absolute Gasteiger partial charge is 0.508 e. The number of aliphatic carboxylic acids is 1. The fourth-order valence-corrected chi connectivity index (χ4v) is 7.14. The van der Waals surface area contributed by atoms with Gasteiger partial charge in [-0.1, -0.05) is 18.6 Å². The van der Waals surface area contributed by atoms with E-state index in [1.807, 2.05) is 0 Å². The van der Waals surface area contributed by atoms with Crippen molar-refractivity contribution in [2.45, 2.75) is 125 Å².